The number of H-pyrrole nitrogens is 1. The summed E-state index contributed by atoms with van der Waals surface area (Å²) in [5.41, 5.74) is 8.37. The fraction of sp³-hybridized carbons (Fsp3) is 0.500. The van der Waals surface area contributed by atoms with E-state index in [1.54, 1.807) is 0 Å². The summed E-state index contributed by atoms with van der Waals surface area (Å²) in [4.78, 5) is 0. The average molecular weight is 323 g/mol. The van der Waals surface area contributed by atoms with E-state index in [2.05, 4.69) is 37.5 Å². The minimum atomic E-state index is 0.341. The zero-order valence-electron chi connectivity index (χ0n) is 10.8. The molecular formula is C14H19BrN4. The molecule has 102 valence electrons. The molecule has 1 saturated carbocycles. The molecule has 0 bridgehead atoms. The topological polar surface area (TPSA) is 66.7 Å². The van der Waals surface area contributed by atoms with E-state index in [4.69, 9.17) is 5.73 Å². The minimum Gasteiger partial charge on any atom is -0.384 e. The van der Waals surface area contributed by atoms with E-state index in [-0.39, 0.29) is 0 Å². The Morgan fingerprint density at radius 2 is 2.21 bits per heavy atom. The summed E-state index contributed by atoms with van der Waals surface area (Å²) in [6.45, 7) is 0.942. The van der Waals surface area contributed by atoms with Crippen LogP contribution < -0.4 is 11.1 Å². The molecule has 0 spiro atoms. The molecule has 1 aliphatic rings. The van der Waals surface area contributed by atoms with Crippen LogP contribution in [-0.4, -0.2) is 22.8 Å². The van der Waals surface area contributed by atoms with Crippen molar-refractivity contribution in [3.05, 3.63) is 22.8 Å². The van der Waals surface area contributed by atoms with Crippen LogP contribution in [0.4, 0.5) is 5.69 Å². The molecule has 2 atom stereocenters. The van der Waals surface area contributed by atoms with E-state index >= 15 is 0 Å². The number of hydrogen-bond acceptors (Lipinski definition) is 3. The second-order valence-corrected chi connectivity index (χ2v) is 6.29. The molecular weight excluding hydrogens is 304 g/mol. The second-order valence-electron chi connectivity index (χ2n) is 5.37. The summed E-state index contributed by atoms with van der Waals surface area (Å²) in [5, 5.41) is 11.8. The molecule has 0 amide bonds. The number of aromatic nitrogens is 2. The predicted molar refractivity (Wildman–Crippen MR) is 82.2 cm³/mol. The molecule has 3 rings (SSSR count). The smallest absolute Gasteiger partial charge is 0.0682 e. The maximum absolute atomic E-state index is 6.20. The first-order chi connectivity index (χ1) is 9.24. The van der Waals surface area contributed by atoms with Crippen molar-refractivity contribution < 1.29 is 0 Å². The molecule has 19 heavy (non-hydrogen) atoms. The van der Waals surface area contributed by atoms with Gasteiger partial charge in [-0.3, -0.25) is 5.10 Å². The Labute approximate surface area is 121 Å². The van der Waals surface area contributed by atoms with E-state index < -0.39 is 0 Å². The number of halogens is 1. The summed E-state index contributed by atoms with van der Waals surface area (Å²) < 4.78 is 1.06. The number of nitrogens with zero attached hydrogens (tertiary/aromatic N) is 1. The fourth-order valence-corrected chi connectivity index (χ4v) is 3.35. The van der Waals surface area contributed by atoms with Gasteiger partial charge in [-0.25, -0.2) is 0 Å². The monoisotopic (exact) mass is 322 g/mol. The highest BCUT2D eigenvalue weighted by molar-refractivity contribution is 9.10. The minimum absolute atomic E-state index is 0.341. The average Bonchev–Trinajstić information content (AvgIpc) is 2.85. The number of hydrogen-bond donors (Lipinski definition) is 3. The molecule has 4 N–H and O–H groups in total. The molecule has 1 aliphatic carbocycles. The molecule has 4 nitrogen and oxygen atoms in total. The van der Waals surface area contributed by atoms with Crippen LogP contribution in [0.1, 0.15) is 25.7 Å². The van der Waals surface area contributed by atoms with E-state index in [9.17, 15) is 0 Å². The number of fused-ring (bicyclic) bond motifs is 1. The highest BCUT2D eigenvalue weighted by atomic mass is 79.9. The van der Waals surface area contributed by atoms with Gasteiger partial charge in [0.25, 0.3) is 0 Å². The lowest BCUT2D eigenvalue weighted by molar-refractivity contribution is 0.321. The number of rotatable bonds is 3. The number of nitrogens with one attached hydrogen (secondary N) is 2. The second kappa shape index (κ2) is 5.51. The molecule has 2 aromatic rings. The van der Waals surface area contributed by atoms with Crippen molar-refractivity contribution >= 4 is 32.5 Å². The third kappa shape index (κ3) is 2.77. The quantitative estimate of drug-likeness (QED) is 0.812. The molecule has 0 radical (unpaired) electrons. The summed E-state index contributed by atoms with van der Waals surface area (Å²) >= 11 is 3.53. The Morgan fingerprint density at radius 1 is 1.37 bits per heavy atom. The van der Waals surface area contributed by atoms with Crippen LogP contribution >= 0.6 is 15.9 Å². The lowest BCUT2D eigenvalue weighted by atomic mass is 9.85. The number of benzene rings is 1. The van der Waals surface area contributed by atoms with Gasteiger partial charge in [-0.05, 0) is 30.9 Å². The predicted octanol–water partition coefficient (Wildman–Crippen LogP) is 3.25. The van der Waals surface area contributed by atoms with E-state index in [1.165, 1.54) is 19.3 Å². The third-order valence-electron chi connectivity index (χ3n) is 4.05. The number of nitrogens with two attached hydrogens (primary N) is 1. The van der Waals surface area contributed by atoms with Crippen LogP contribution in [0, 0.1) is 5.92 Å². The van der Waals surface area contributed by atoms with Crippen LogP contribution in [-0.2, 0) is 0 Å². The van der Waals surface area contributed by atoms with Crippen molar-refractivity contribution in [1.82, 2.24) is 10.2 Å². The van der Waals surface area contributed by atoms with Crippen molar-refractivity contribution in [3.8, 4) is 0 Å². The van der Waals surface area contributed by atoms with Gasteiger partial charge in [-0.1, -0.05) is 28.8 Å². The molecule has 5 heteroatoms. The van der Waals surface area contributed by atoms with E-state index in [0.29, 0.717) is 12.0 Å². The van der Waals surface area contributed by atoms with Crippen LogP contribution in [0.2, 0.25) is 0 Å². The molecule has 0 unspecified atom stereocenters. The zero-order chi connectivity index (χ0) is 13.2. The third-order valence-corrected chi connectivity index (χ3v) is 4.50. The molecule has 0 aliphatic heterocycles. The van der Waals surface area contributed by atoms with E-state index in [0.717, 1.165) is 34.0 Å². The molecule has 1 fully saturated rings. The van der Waals surface area contributed by atoms with Gasteiger partial charge in [0.05, 0.1) is 11.7 Å². The van der Waals surface area contributed by atoms with Gasteiger partial charge in [0.15, 0.2) is 0 Å². The maximum Gasteiger partial charge on any atom is 0.0682 e. The maximum atomic E-state index is 6.20. The van der Waals surface area contributed by atoms with Gasteiger partial charge >= 0.3 is 0 Å². The zero-order valence-corrected chi connectivity index (χ0v) is 12.4. The highest BCUT2D eigenvalue weighted by Crippen LogP contribution is 2.28. The van der Waals surface area contributed by atoms with Crippen LogP contribution in [0.5, 0.6) is 0 Å². The molecule has 1 heterocycles. The van der Waals surface area contributed by atoms with Crippen molar-refractivity contribution in [2.24, 2.45) is 11.7 Å². The lowest BCUT2D eigenvalue weighted by Crippen LogP contribution is -2.37. The SMILES string of the molecule is N[C@@H]1CCCC[C@H]1CNc1cc(Br)cc2[nH]ncc12. The lowest BCUT2D eigenvalue weighted by Gasteiger charge is -2.29. The largest absolute Gasteiger partial charge is 0.384 e. The first-order valence-electron chi connectivity index (χ1n) is 6.86. The van der Waals surface area contributed by atoms with Gasteiger partial charge in [0.2, 0.25) is 0 Å². The number of anilines is 1. The highest BCUT2D eigenvalue weighted by Gasteiger charge is 2.21. The van der Waals surface area contributed by atoms with Gasteiger partial charge in [0, 0.05) is 28.1 Å². The Bertz CT molecular complexity index is 566. The Kier molecular flexibility index (Phi) is 3.75. The fourth-order valence-electron chi connectivity index (χ4n) is 2.89. The first-order valence-corrected chi connectivity index (χ1v) is 7.65. The molecule has 1 aromatic heterocycles. The number of aromatic amines is 1. The summed E-state index contributed by atoms with van der Waals surface area (Å²) in [5.74, 6) is 0.578. The summed E-state index contributed by atoms with van der Waals surface area (Å²) in [7, 11) is 0. The summed E-state index contributed by atoms with van der Waals surface area (Å²) in [6, 6.07) is 4.49. The Morgan fingerprint density at radius 3 is 3.05 bits per heavy atom. The van der Waals surface area contributed by atoms with Crippen molar-refractivity contribution in [2.75, 3.05) is 11.9 Å². The summed E-state index contributed by atoms with van der Waals surface area (Å²) in [6.07, 6.45) is 6.84. The van der Waals surface area contributed by atoms with Gasteiger partial charge in [-0.2, -0.15) is 5.10 Å². The van der Waals surface area contributed by atoms with Crippen LogP contribution in [0.3, 0.4) is 0 Å². The van der Waals surface area contributed by atoms with Crippen LogP contribution in [0.15, 0.2) is 22.8 Å². The molecule has 0 saturated heterocycles. The van der Waals surface area contributed by atoms with Crippen molar-refractivity contribution in [2.45, 2.75) is 31.7 Å². The Balaban J connectivity index is 1.75. The van der Waals surface area contributed by atoms with Crippen LogP contribution in [0.25, 0.3) is 10.9 Å². The van der Waals surface area contributed by atoms with Crippen molar-refractivity contribution in [3.63, 3.8) is 0 Å². The van der Waals surface area contributed by atoms with Crippen molar-refractivity contribution in [1.29, 1.82) is 0 Å². The first kappa shape index (κ1) is 12.9. The van der Waals surface area contributed by atoms with Gasteiger partial charge < -0.3 is 11.1 Å². The molecule has 1 aromatic carbocycles. The van der Waals surface area contributed by atoms with Gasteiger partial charge in [0.1, 0.15) is 0 Å². The van der Waals surface area contributed by atoms with Gasteiger partial charge in [-0.15, -0.1) is 0 Å². The van der Waals surface area contributed by atoms with E-state index in [1.807, 2.05) is 12.3 Å². The Hall–Kier alpha value is -1.07. The normalized spacial score (nSPS) is 23.7. The standard InChI is InChI=1S/C14H19BrN4/c15-10-5-13(11-8-18-19-14(11)6-10)17-7-9-3-1-2-4-12(9)16/h5-6,8-9,12,17H,1-4,7,16H2,(H,18,19)/t9-,12+/m0/s1.